The first-order chi connectivity index (χ1) is 13.3. The van der Waals surface area contributed by atoms with Gasteiger partial charge in [0.15, 0.2) is 0 Å². The summed E-state index contributed by atoms with van der Waals surface area (Å²) in [5.74, 6) is 0.865. The number of thioether (sulfide) groups is 1. The molecule has 7 heteroatoms. The average Bonchev–Trinajstić information content (AvgIpc) is 2.72. The summed E-state index contributed by atoms with van der Waals surface area (Å²) in [5.41, 5.74) is 8.68. The molecule has 6 nitrogen and oxygen atoms in total. The van der Waals surface area contributed by atoms with E-state index >= 15 is 0 Å². The molecule has 142 valence electrons. The lowest BCUT2D eigenvalue weighted by molar-refractivity contribution is 0.126. The van der Waals surface area contributed by atoms with Crippen LogP contribution >= 0.6 is 11.8 Å². The highest BCUT2D eigenvalue weighted by molar-refractivity contribution is 8.00. The zero-order valence-corrected chi connectivity index (χ0v) is 16.4. The van der Waals surface area contributed by atoms with E-state index in [2.05, 4.69) is 39.2 Å². The van der Waals surface area contributed by atoms with Crippen molar-refractivity contribution in [3.05, 3.63) is 48.5 Å². The molecule has 1 fully saturated rings. The molecular weight excluding hydrogens is 356 g/mol. The highest BCUT2D eigenvalue weighted by atomic mass is 32.2. The van der Waals surface area contributed by atoms with E-state index in [0.29, 0.717) is 0 Å². The predicted octanol–water partition coefficient (Wildman–Crippen LogP) is 2.75. The van der Waals surface area contributed by atoms with Gasteiger partial charge in [0, 0.05) is 36.9 Å². The number of rotatable bonds is 5. The van der Waals surface area contributed by atoms with Crippen LogP contribution in [0.1, 0.15) is 31.6 Å². The van der Waals surface area contributed by atoms with Crippen molar-refractivity contribution >= 4 is 23.2 Å². The van der Waals surface area contributed by atoms with Gasteiger partial charge in [-0.15, -0.1) is 0 Å². The van der Waals surface area contributed by atoms with E-state index in [0.717, 1.165) is 54.6 Å². The smallest absolute Gasteiger partial charge is 0.146 e. The zero-order valence-electron chi connectivity index (χ0n) is 15.6. The normalized spacial score (nSPS) is 24.1. The Balaban J connectivity index is 1.70. The molecule has 4 rings (SSSR count). The lowest BCUT2D eigenvalue weighted by Gasteiger charge is -2.42. The van der Waals surface area contributed by atoms with Gasteiger partial charge in [0.05, 0.1) is 28.9 Å². The summed E-state index contributed by atoms with van der Waals surface area (Å²) >= 11 is 1.71. The van der Waals surface area contributed by atoms with E-state index in [4.69, 9.17) is 10.7 Å². The third kappa shape index (κ3) is 3.91. The number of aromatic nitrogens is 2. The van der Waals surface area contributed by atoms with Gasteiger partial charge in [-0.3, -0.25) is 9.89 Å². The Hall–Kier alpha value is -1.80. The Morgan fingerprint density at radius 1 is 1.26 bits per heavy atom. The Morgan fingerprint density at radius 2 is 2.07 bits per heavy atom. The molecule has 1 saturated heterocycles. The van der Waals surface area contributed by atoms with Crippen molar-refractivity contribution in [3.8, 4) is 0 Å². The maximum atomic E-state index is 6.57. The molecule has 3 atom stereocenters. The summed E-state index contributed by atoms with van der Waals surface area (Å²) < 4.78 is 0. The molecule has 0 aliphatic carbocycles. The molecule has 2 aliphatic rings. The predicted molar refractivity (Wildman–Crippen MR) is 110 cm³/mol. The molecule has 2 aliphatic heterocycles. The van der Waals surface area contributed by atoms with E-state index in [-0.39, 0.29) is 17.5 Å². The van der Waals surface area contributed by atoms with E-state index in [9.17, 15) is 0 Å². The number of nitrogens with one attached hydrogen (secondary N) is 1. The largest absolute Gasteiger partial charge is 0.314 e. The molecule has 3 heterocycles. The van der Waals surface area contributed by atoms with Gasteiger partial charge in [-0.2, -0.15) is 0 Å². The standard InChI is InChI=1S/C20H26N6S/c1-2-6-15(18-19(21)27-17-8-4-3-7-14(17)25-18)26-12-11-22-13-16(26)20-23-9-5-10-24-20/h3-5,7-10,15-16,19,22H,2,6,11-13,21H2,1H3. The quantitative estimate of drug-likeness (QED) is 0.828. The number of piperazine rings is 1. The van der Waals surface area contributed by atoms with Crippen LogP contribution in [0.25, 0.3) is 0 Å². The molecule has 1 aromatic carbocycles. The highest BCUT2D eigenvalue weighted by Crippen LogP contribution is 2.38. The van der Waals surface area contributed by atoms with Crippen LogP contribution in [0, 0.1) is 0 Å². The van der Waals surface area contributed by atoms with E-state index in [1.807, 2.05) is 30.6 Å². The number of hydrogen-bond acceptors (Lipinski definition) is 7. The van der Waals surface area contributed by atoms with Gasteiger partial charge in [-0.1, -0.05) is 37.2 Å². The molecule has 0 saturated carbocycles. The Kier molecular flexibility index (Phi) is 5.83. The van der Waals surface area contributed by atoms with Crippen molar-refractivity contribution in [2.24, 2.45) is 10.7 Å². The van der Waals surface area contributed by atoms with Crippen molar-refractivity contribution in [1.29, 1.82) is 0 Å². The minimum Gasteiger partial charge on any atom is -0.314 e. The minimum atomic E-state index is -0.122. The molecule has 0 spiro atoms. The summed E-state index contributed by atoms with van der Waals surface area (Å²) in [7, 11) is 0. The van der Waals surface area contributed by atoms with Crippen molar-refractivity contribution in [2.45, 2.75) is 42.1 Å². The SMILES string of the molecule is CCCC(C1=Nc2ccccc2SC1N)N1CCNCC1c1ncccn1. The highest BCUT2D eigenvalue weighted by Gasteiger charge is 2.37. The topological polar surface area (TPSA) is 79.4 Å². The van der Waals surface area contributed by atoms with Crippen LogP contribution in [0.2, 0.25) is 0 Å². The minimum absolute atomic E-state index is 0.122. The van der Waals surface area contributed by atoms with Gasteiger partial charge in [-0.05, 0) is 24.6 Å². The zero-order chi connectivity index (χ0) is 18.6. The number of para-hydroxylation sites is 1. The lowest BCUT2D eigenvalue weighted by atomic mass is 9.99. The number of hydrogen-bond donors (Lipinski definition) is 2. The van der Waals surface area contributed by atoms with E-state index in [1.54, 1.807) is 11.8 Å². The van der Waals surface area contributed by atoms with Gasteiger partial charge in [0.2, 0.25) is 0 Å². The monoisotopic (exact) mass is 382 g/mol. The van der Waals surface area contributed by atoms with Crippen molar-refractivity contribution in [2.75, 3.05) is 19.6 Å². The number of benzene rings is 1. The van der Waals surface area contributed by atoms with Crippen LogP contribution in [0.4, 0.5) is 5.69 Å². The number of aliphatic imine (C=N–C) groups is 1. The van der Waals surface area contributed by atoms with Crippen LogP contribution < -0.4 is 11.1 Å². The second-order valence-corrected chi connectivity index (χ2v) is 8.10. The second kappa shape index (κ2) is 8.48. The second-order valence-electron chi connectivity index (χ2n) is 6.91. The van der Waals surface area contributed by atoms with Crippen LogP contribution in [0.3, 0.4) is 0 Å². The summed E-state index contributed by atoms with van der Waals surface area (Å²) in [6.45, 7) is 4.96. The van der Waals surface area contributed by atoms with Gasteiger partial charge < -0.3 is 11.1 Å². The van der Waals surface area contributed by atoms with Gasteiger partial charge >= 0.3 is 0 Å². The Bertz CT molecular complexity index is 796. The third-order valence-corrected chi connectivity index (χ3v) is 6.23. The van der Waals surface area contributed by atoms with E-state index < -0.39 is 0 Å². The van der Waals surface area contributed by atoms with Crippen LogP contribution in [0.15, 0.2) is 52.6 Å². The fraction of sp³-hybridized carbons (Fsp3) is 0.450. The molecular formula is C20H26N6S. The fourth-order valence-corrected chi connectivity index (χ4v) is 4.88. The molecule has 3 N–H and O–H groups in total. The Morgan fingerprint density at radius 3 is 2.89 bits per heavy atom. The number of fused-ring (bicyclic) bond motifs is 1. The molecule has 0 bridgehead atoms. The molecule has 27 heavy (non-hydrogen) atoms. The van der Waals surface area contributed by atoms with Crippen molar-refractivity contribution in [1.82, 2.24) is 20.2 Å². The molecule has 3 unspecified atom stereocenters. The van der Waals surface area contributed by atoms with Crippen molar-refractivity contribution in [3.63, 3.8) is 0 Å². The van der Waals surface area contributed by atoms with Gasteiger partial charge in [0.1, 0.15) is 5.82 Å². The third-order valence-electron chi connectivity index (χ3n) is 5.13. The summed E-state index contributed by atoms with van der Waals surface area (Å²) in [6.07, 6.45) is 5.74. The van der Waals surface area contributed by atoms with Crippen LogP contribution in [-0.2, 0) is 0 Å². The maximum absolute atomic E-state index is 6.57. The first-order valence-corrected chi connectivity index (χ1v) is 10.5. The van der Waals surface area contributed by atoms with Gasteiger partial charge in [0.25, 0.3) is 0 Å². The van der Waals surface area contributed by atoms with Crippen LogP contribution in [0.5, 0.6) is 0 Å². The molecule has 1 aromatic heterocycles. The lowest BCUT2D eigenvalue weighted by Crippen LogP contribution is -2.55. The summed E-state index contributed by atoms with van der Waals surface area (Å²) in [5, 5.41) is 3.37. The number of nitrogens with zero attached hydrogens (tertiary/aromatic N) is 4. The van der Waals surface area contributed by atoms with E-state index in [1.165, 1.54) is 0 Å². The first kappa shape index (κ1) is 18.6. The fourth-order valence-electron chi connectivity index (χ4n) is 3.89. The molecule has 0 radical (unpaired) electrons. The number of nitrogens with two attached hydrogens (primary N) is 1. The molecule has 2 aromatic rings. The van der Waals surface area contributed by atoms with Crippen molar-refractivity contribution < 1.29 is 0 Å². The first-order valence-electron chi connectivity index (χ1n) is 9.61. The maximum Gasteiger partial charge on any atom is 0.146 e. The Labute approximate surface area is 164 Å². The summed E-state index contributed by atoms with van der Waals surface area (Å²) in [4.78, 5) is 17.7. The summed E-state index contributed by atoms with van der Waals surface area (Å²) in [6, 6.07) is 10.4. The average molecular weight is 383 g/mol. The van der Waals surface area contributed by atoms with Crippen LogP contribution in [-0.4, -0.2) is 51.6 Å². The molecule has 0 amide bonds. The van der Waals surface area contributed by atoms with Gasteiger partial charge in [-0.25, -0.2) is 9.97 Å².